The Hall–Kier alpha value is -1.55. The van der Waals surface area contributed by atoms with E-state index in [2.05, 4.69) is 57.4 Å². The molecule has 20 heavy (non-hydrogen) atoms. The molecule has 1 heterocycles. The van der Waals surface area contributed by atoms with Gasteiger partial charge >= 0.3 is 0 Å². The fraction of sp³-hybridized carbons (Fsp3) is 0.312. The molecule has 4 heteroatoms. The van der Waals surface area contributed by atoms with Gasteiger partial charge < -0.3 is 10.1 Å². The average molecular weight is 335 g/mol. The van der Waals surface area contributed by atoms with Crippen LogP contribution in [0.1, 0.15) is 31.9 Å². The lowest BCUT2D eigenvalue weighted by Gasteiger charge is -2.18. The van der Waals surface area contributed by atoms with E-state index in [1.54, 1.807) is 0 Å². The molecule has 2 rings (SSSR count). The number of halogens is 1. The van der Waals surface area contributed by atoms with Crippen LogP contribution in [-0.2, 0) is 0 Å². The van der Waals surface area contributed by atoms with Gasteiger partial charge in [0.2, 0.25) is 5.88 Å². The van der Waals surface area contributed by atoms with Gasteiger partial charge in [-0.25, -0.2) is 4.98 Å². The second-order valence-electron chi connectivity index (χ2n) is 4.47. The molecule has 2 aromatic rings. The maximum atomic E-state index is 5.35. The van der Waals surface area contributed by atoms with Crippen molar-refractivity contribution in [3.05, 3.63) is 52.6 Å². The minimum absolute atomic E-state index is 0.280. The van der Waals surface area contributed by atoms with Gasteiger partial charge in [0.05, 0.1) is 24.5 Å². The molecule has 0 spiro atoms. The Morgan fingerprint density at radius 3 is 2.45 bits per heavy atom. The first-order valence-corrected chi connectivity index (χ1v) is 7.63. The molecule has 0 fully saturated rings. The number of hydrogen-bond donors (Lipinski definition) is 1. The number of benzene rings is 1. The SMILES string of the molecule is CCOc1ccc(NC(CC)c2ccc(Br)cc2)cn1. The molecule has 0 aliphatic carbocycles. The summed E-state index contributed by atoms with van der Waals surface area (Å²) in [7, 11) is 0. The summed E-state index contributed by atoms with van der Waals surface area (Å²) in [5.41, 5.74) is 2.27. The van der Waals surface area contributed by atoms with E-state index in [1.165, 1.54) is 5.56 Å². The molecule has 0 saturated heterocycles. The highest BCUT2D eigenvalue weighted by molar-refractivity contribution is 9.10. The lowest BCUT2D eigenvalue weighted by atomic mass is 10.0. The van der Waals surface area contributed by atoms with Crippen LogP contribution in [0.5, 0.6) is 5.88 Å². The number of pyridine rings is 1. The summed E-state index contributed by atoms with van der Waals surface area (Å²) in [6, 6.07) is 12.6. The van der Waals surface area contributed by atoms with Crippen LogP contribution in [0.2, 0.25) is 0 Å². The van der Waals surface area contributed by atoms with E-state index in [9.17, 15) is 0 Å². The smallest absolute Gasteiger partial charge is 0.213 e. The van der Waals surface area contributed by atoms with Crippen LogP contribution in [-0.4, -0.2) is 11.6 Å². The zero-order chi connectivity index (χ0) is 14.4. The number of rotatable bonds is 6. The van der Waals surface area contributed by atoms with Crippen molar-refractivity contribution >= 4 is 21.6 Å². The third-order valence-electron chi connectivity index (χ3n) is 3.05. The van der Waals surface area contributed by atoms with Crippen molar-refractivity contribution in [2.45, 2.75) is 26.3 Å². The number of nitrogens with one attached hydrogen (secondary N) is 1. The molecule has 106 valence electrons. The summed E-state index contributed by atoms with van der Waals surface area (Å²) < 4.78 is 6.44. The van der Waals surface area contributed by atoms with Crippen LogP contribution in [0.3, 0.4) is 0 Å². The van der Waals surface area contributed by atoms with Crippen LogP contribution in [0, 0.1) is 0 Å². The summed E-state index contributed by atoms with van der Waals surface area (Å²) in [4.78, 5) is 4.27. The van der Waals surface area contributed by atoms with Crippen molar-refractivity contribution in [1.29, 1.82) is 0 Å². The van der Waals surface area contributed by atoms with Crippen LogP contribution in [0.4, 0.5) is 5.69 Å². The Labute approximate surface area is 128 Å². The molecule has 1 N–H and O–H groups in total. The third kappa shape index (κ3) is 3.97. The summed E-state index contributed by atoms with van der Waals surface area (Å²) in [6.45, 7) is 4.76. The van der Waals surface area contributed by atoms with Gasteiger partial charge in [-0.15, -0.1) is 0 Å². The molecular weight excluding hydrogens is 316 g/mol. The highest BCUT2D eigenvalue weighted by atomic mass is 79.9. The zero-order valence-electron chi connectivity index (χ0n) is 11.8. The van der Waals surface area contributed by atoms with E-state index in [1.807, 2.05) is 25.3 Å². The molecule has 1 unspecified atom stereocenters. The summed E-state index contributed by atoms with van der Waals surface area (Å²) >= 11 is 3.46. The van der Waals surface area contributed by atoms with Crippen LogP contribution in [0.15, 0.2) is 47.1 Å². The first kappa shape index (κ1) is 14.9. The Morgan fingerprint density at radius 2 is 1.90 bits per heavy atom. The topological polar surface area (TPSA) is 34.1 Å². The van der Waals surface area contributed by atoms with Crippen molar-refractivity contribution in [3.63, 3.8) is 0 Å². The second-order valence-corrected chi connectivity index (χ2v) is 5.39. The van der Waals surface area contributed by atoms with Gasteiger partial charge in [-0.05, 0) is 37.1 Å². The average Bonchev–Trinajstić information content (AvgIpc) is 2.48. The predicted octanol–water partition coefficient (Wildman–Crippen LogP) is 4.81. The molecule has 1 aromatic carbocycles. The Kier molecular flexibility index (Phi) is 5.41. The van der Waals surface area contributed by atoms with E-state index < -0.39 is 0 Å². The minimum atomic E-state index is 0.280. The maximum absolute atomic E-state index is 5.35. The fourth-order valence-corrected chi connectivity index (χ4v) is 2.28. The monoisotopic (exact) mass is 334 g/mol. The number of nitrogens with zero attached hydrogens (tertiary/aromatic N) is 1. The van der Waals surface area contributed by atoms with Gasteiger partial charge in [0.25, 0.3) is 0 Å². The van der Waals surface area contributed by atoms with E-state index in [4.69, 9.17) is 4.74 Å². The lowest BCUT2D eigenvalue weighted by Crippen LogP contribution is -2.09. The van der Waals surface area contributed by atoms with Gasteiger partial charge in [0.1, 0.15) is 0 Å². The summed E-state index contributed by atoms with van der Waals surface area (Å²) in [5, 5.41) is 3.50. The van der Waals surface area contributed by atoms with E-state index in [0.717, 1.165) is 16.6 Å². The third-order valence-corrected chi connectivity index (χ3v) is 3.58. The lowest BCUT2D eigenvalue weighted by molar-refractivity contribution is 0.327. The first-order valence-electron chi connectivity index (χ1n) is 6.83. The highest BCUT2D eigenvalue weighted by Gasteiger charge is 2.09. The minimum Gasteiger partial charge on any atom is -0.478 e. The van der Waals surface area contributed by atoms with E-state index in [0.29, 0.717) is 12.5 Å². The second kappa shape index (κ2) is 7.29. The molecule has 0 radical (unpaired) electrons. The fourth-order valence-electron chi connectivity index (χ4n) is 2.02. The van der Waals surface area contributed by atoms with Gasteiger partial charge in [-0.3, -0.25) is 0 Å². The van der Waals surface area contributed by atoms with Crippen molar-refractivity contribution in [3.8, 4) is 5.88 Å². The van der Waals surface area contributed by atoms with Crippen molar-refractivity contribution in [2.24, 2.45) is 0 Å². The van der Waals surface area contributed by atoms with Gasteiger partial charge in [-0.2, -0.15) is 0 Å². The molecule has 0 aliphatic heterocycles. The van der Waals surface area contributed by atoms with Gasteiger partial charge in [0.15, 0.2) is 0 Å². The van der Waals surface area contributed by atoms with Crippen LogP contribution in [0.25, 0.3) is 0 Å². The molecular formula is C16H19BrN2O. The van der Waals surface area contributed by atoms with Crippen LogP contribution >= 0.6 is 15.9 Å². The predicted molar refractivity (Wildman–Crippen MR) is 86.2 cm³/mol. The molecule has 3 nitrogen and oxygen atoms in total. The highest BCUT2D eigenvalue weighted by Crippen LogP contribution is 2.24. The zero-order valence-corrected chi connectivity index (χ0v) is 13.4. The molecule has 1 aromatic heterocycles. The standard InChI is InChI=1S/C16H19BrN2O/c1-3-15(12-5-7-13(17)8-6-12)19-14-9-10-16(18-11-14)20-4-2/h5-11,15,19H,3-4H2,1-2H3. The Balaban J connectivity index is 2.07. The van der Waals surface area contributed by atoms with Crippen molar-refractivity contribution in [1.82, 2.24) is 4.98 Å². The Bertz CT molecular complexity index is 525. The molecule has 0 saturated carbocycles. The van der Waals surface area contributed by atoms with Crippen LogP contribution < -0.4 is 10.1 Å². The number of anilines is 1. The molecule has 0 amide bonds. The number of aromatic nitrogens is 1. The van der Waals surface area contributed by atoms with Crippen molar-refractivity contribution < 1.29 is 4.74 Å². The van der Waals surface area contributed by atoms with Gasteiger partial charge in [0, 0.05) is 10.5 Å². The summed E-state index contributed by atoms with van der Waals surface area (Å²) in [6.07, 6.45) is 2.82. The normalized spacial score (nSPS) is 11.9. The molecule has 0 aliphatic rings. The molecule has 1 atom stereocenters. The quantitative estimate of drug-likeness (QED) is 0.823. The number of hydrogen-bond acceptors (Lipinski definition) is 3. The van der Waals surface area contributed by atoms with E-state index >= 15 is 0 Å². The Morgan fingerprint density at radius 1 is 1.15 bits per heavy atom. The van der Waals surface area contributed by atoms with E-state index in [-0.39, 0.29) is 6.04 Å². The van der Waals surface area contributed by atoms with Gasteiger partial charge in [-0.1, -0.05) is 35.0 Å². The number of ether oxygens (including phenoxy) is 1. The summed E-state index contributed by atoms with van der Waals surface area (Å²) in [5.74, 6) is 0.662. The largest absolute Gasteiger partial charge is 0.478 e. The first-order chi connectivity index (χ1) is 9.72. The molecule has 0 bridgehead atoms. The maximum Gasteiger partial charge on any atom is 0.213 e. The van der Waals surface area contributed by atoms with Crippen molar-refractivity contribution in [2.75, 3.05) is 11.9 Å².